The summed E-state index contributed by atoms with van der Waals surface area (Å²) in [5.41, 5.74) is 0.819. The van der Waals surface area contributed by atoms with Crippen LogP contribution in [0.4, 0.5) is 0 Å². The summed E-state index contributed by atoms with van der Waals surface area (Å²) in [6.45, 7) is 1.91. The normalized spacial score (nSPS) is 13.7. The van der Waals surface area contributed by atoms with Crippen LogP contribution in [0.3, 0.4) is 0 Å². The highest BCUT2D eigenvalue weighted by atomic mass is 35.5. The Bertz CT molecular complexity index is 648. The molecule has 0 aliphatic heterocycles. The first kappa shape index (κ1) is 13.5. The number of alkyl halides is 1. The van der Waals surface area contributed by atoms with Gasteiger partial charge in [0.15, 0.2) is 9.84 Å². The second kappa shape index (κ2) is 4.99. The van der Waals surface area contributed by atoms with Crippen LogP contribution in [-0.2, 0) is 15.7 Å². The summed E-state index contributed by atoms with van der Waals surface area (Å²) < 4.78 is 24.3. The Balaban J connectivity index is 2.29. The second-order valence-corrected chi connectivity index (χ2v) is 7.09. The summed E-state index contributed by atoms with van der Waals surface area (Å²) in [6, 6.07) is -0.109. The highest BCUT2D eigenvalue weighted by Gasteiger charge is 2.16. The predicted octanol–water partition coefficient (Wildman–Crippen LogP) is 2.09. The molecule has 0 fully saturated rings. The van der Waals surface area contributed by atoms with Crippen LogP contribution in [0.25, 0.3) is 0 Å². The Labute approximate surface area is 114 Å². The van der Waals surface area contributed by atoms with Gasteiger partial charge in [-0.05, 0) is 6.92 Å². The average molecular weight is 306 g/mol. The summed E-state index contributed by atoms with van der Waals surface area (Å²) in [5, 5.41) is 6.81. The molecule has 0 radical (unpaired) electrons. The topological polar surface area (TPSA) is 64.8 Å². The lowest BCUT2D eigenvalue weighted by atomic mass is 10.3. The number of nitrogens with zero attached hydrogens (tertiary/aromatic N) is 3. The molecule has 2 heterocycles. The largest absolute Gasteiger partial charge is 0.262 e. The Morgan fingerprint density at radius 1 is 1.56 bits per heavy atom. The summed E-state index contributed by atoms with van der Waals surface area (Å²) in [6.07, 6.45) is 4.03. The monoisotopic (exact) mass is 305 g/mol. The van der Waals surface area contributed by atoms with E-state index in [-0.39, 0.29) is 10.9 Å². The van der Waals surface area contributed by atoms with Crippen molar-refractivity contribution < 1.29 is 8.42 Å². The zero-order valence-corrected chi connectivity index (χ0v) is 12.3. The van der Waals surface area contributed by atoms with Gasteiger partial charge in [-0.3, -0.25) is 4.68 Å². The zero-order chi connectivity index (χ0) is 13.3. The van der Waals surface area contributed by atoms with Crippen molar-refractivity contribution in [1.82, 2.24) is 14.8 Å². The van der Waals surface area contributed by atoms with E-state index in [9.17, 15) is 8.42 Å². The van der Waals surface area contributed by atoms with Gasteiger partial charge in [-0.15, -0.1) is 22.9 Å². The molecule has 0 bridgehead atoms. The third-order valence-electron chi connectivity index (χ3n) is 2.47. The fraction of sp³-hybridized carbons (Fsp3) is 0.400. The van der Waals surface area contributed by atoms with Crippen molar-refractivity contribution >= 4 is 32.8 Å². The molecule has 8 heteroatoms. The minimum absolute atomic E-state index is 0.109. The van der Waals surface area contributed by atoms with Gasteiger partial charge in [-0.25, -0.2) is 13.4 Å². The fourth-order valence-corrected chi connectivity index (χ4v) is 3.05. The predicted molar refractivity (Wildman–Crippen MR) is 70.8 cm³/mol. The quantitative estimate of drug-likeness (QED) is 0.811. The van der Waals surface area contributed by atoms with E-state index in [2.05, 4.69) is 10.1 Å². The summed E-state index contributed by atoms with van der Waals surface area (Å²) >= 11 is 7.19. The SMILES string of the molecule is CC(c1nc(CCl)cs1)n1cc(S(C)(=O)=O)cn1. The van der Waals surface area contributed by atoms with Gasteiger partial charge in [0.1, 0.15) is 15.9 Å². The minimum atomic E-state index is -3.22. The Morgan fingerprint density at radius 3 is 2.78 bits per heavy atom. The molecule has 2 aromatic rings. The van der Waals surface area contributed by atoms with E-state index in [1.165, 1.54) is 23.7 Å². The molecule has 0 aliphatic rings. The van der Waals surface area contributed by atoms with Crippen molar-refractivity contribution in [2.75, 3.05) is 6.26 Å². The lowest BCUT2D eigenvalue weighted by Gasteiger charge is -2.08. The summed E-state index contributed by atoms with van der Waals surface area (Å²) in [7, 11) is -3.22. The number of hydrogen-bond acceptors (Lipinski definition) is 5. The number of sulfone groups is 1. The number of aromatic nitrogens is 3. The molecule has 1 unspecified atom stereocenters. The zero-order valence-electron chi connectivity index (χ0n) is 9.87. The van der Waals surface area contributed by atoms with E-state index in [1.807, 2.05) is 12.3 Å². The Kier molecular flexibility index (Phi) is 3.74. The van der Waals surface area contributed by atoms with Gasteiger partial charge in [0.2, 0.25) is 0 Å². The van der Waals surface area contributed by atoms with Gasteiger partial charge in [0.05, 0.1) is 17.8 Å². The Morgan fingerprint density at radius 2 is 2.28 bits per heavy atom. The van der Waals surface area contributed by atoms with Crippen LogP contribution < -0.4 is 0 Å². The van der Waals surface area contributed by atoms with Crippen molar-refractivity contribution in [1.29, 1.82) is 0 Å². The lowest BCUT2D eigenvalue weighted by Crippen LogP contribution is -2.07. The van der Waals surface area contributed by atoms with Gasteiger partial charge in [0.25, 0.3) is 0 Å². The minimum Gasteiger partial charge on any atom is -0.262 e. The van der Waals surface area contributed by atoms with Crippen LogP contribution in [0.1, 0.15) is 23.7 Å². The molecule has 98 valence electrons. The first-order valence-corrected chi connectivity index (χ1v) is 8.47. The van der Waals surface area contributed by atoms with Crippen molar-refractivity contribution in [3.8, 4) is 0 Å². The van der Waals surface area contributed by atoms with Crippen LogP contribution in [0.2, 0.25) is 0 Å². The van der Waals surface area contributed by atoms with E-state index >= 15 is 0 Å². The molecule has 0 aromatic carbocycles. The standard InChI is InChI=1S/C10H12ClN3O2S2/c1-7(10-13-8(3-11)6-17-10)14-5-9(4-12-14)18(2,15)16/h4-7H,3H2,1-2H3. The second-order valence-electron chi connectivity index (χ2n) is 3.91. The lowest BCUT2D eigenvalue weighted by molar-refractivity contribution is 0.559. The molecule has 0 saturated heterocycles. The summed E-state index contributed by atoms with van der Waals surface area (Å²) in [5.74, 6) is 0.372. The molecular weight excluding hydrogens is 294 g/mol. The molecule has 5 nitrogen and oxygen atoms in total. The molecule has 0 saturated carbocycles. The van der Waals surface area contributed by atoms with Crippen LogP contribution in [0, 0.1) is 0 Å². The van der Waals surface area contributed by atoms with E-state index in [0.29, 0.717) is 5.88 Å². The summed E-state index contributed by atoms with van der Waals surface area (Å²) in [4.78, 5) is 4.56. The maximum Gasteiger partial charge on any atom is 0.178 e. The molecule has 0 aliphatic carbocycles. The van der Waals surface area contributed by atoms with Crippen molar-refractivity contribution in [2.45, 2.75) is 23.7 Å². The molecule has 1 atom stereocenters. The maximum atomic E-state index is 11.4. The average Bonchev–Trinajstić information content (AvgIpc) is 2.96. The number of halogens is 1. The van der Waals surface area contributed by atoms with Crippen LogP contribution in [0.5, 0.6) is 0 Å². The van der Waals surface area contributed by atoms with Gasteiger partial charge in [-0.2, -0.15) is 5.10 Å². The third kappa shape index (κ3) is 2.73. The van der Waals surface area contributed by atoms with E-state index < -0.39 is 9.84 Å². The van der Waals surface area contributed by atoms with E-state index in [1.54, 1.807) is 4.68 Å². The molecular formula is C10H12ClN3O2S2. The van der Waals surface area contributed by atoms with Crippen molar-refractivity contribution in [3.05, 3.63) is 28.5 Å². The maximum absolute atomic E-state index is 11.4. The van der Waals surface area contributed by atoms with E-state index in [4.69, 9.17) is 11.6 Å². The first-order chi connectivity index (χ1) is 8.41. The number of hydrogen-bond donors (Lipinski definition) is 0. The third-order valence-corrected chi connectivity index (χ3v) is 4.87. The van der Waals surface area contributed by atoms with Gasteiger partial charge in [-0.1, -0.05) is 0 Å². The molecule has 2 rings (SSSR count). The molecule has 0 spiro atoms. The number of rotatable bonds is 4. The van der Waals surface area contributed by atoms with Crippen LogP contribution in [0.15, 0.2) is 22.7 Å². The smallest absolute Gasteiger partial charge is 0.178 e. The van der Waals surface area contributed by atoms with Gasteiger partial charge in [0, 0.05) is 17.8 Å². The Hall–Kier alpha value is -0.920. The highest BCUT2D eigenvalue weighted by Crippen LogP contribution is 2.23. The van der Waals surface area contributed by atoms with Crippen LogP contribution in [-0.4, -0.2) is 29.4 Å². The van der Waals surface area contributed by atoms with Crippen LogP contribution >= 0.6 is 22.9 Å². The van der Waals surface area contributed by atoms with Gasteiger partial charge >= 0.3 is 0 Å². The molecule has 2 aromatic heterocycles. The van der Waals surface area contributed by atoms with Crippen molar-refractivity contribution in [2.24, 2.45) is 0 Å². The fourth-order valence-electron chi connectivity index (χ4n) is 1.41. The molecule has 0 amide bonds. The van der Waals surface area contributed by atoms with Gasteiger partial charge < -0.3 is 0 Å². The molecule has 0 N–H and O–H groups in total. The van der Waals surface area contributed by atoms with Crippen molar-refractivity contribution in [3.63, 3.8) is 0 Å². The molecule has 18 heavy (non-hydrogen) atoms. The first-order valence-electron chi connectivity index (χ1n) is 5.16. The number of thiazole rings is 1. The highest BCUT2D eigenvalue weighted by molar-refractivity contribution is 7.90. The van der Waals surface area contributed by atoms with E-state index in [0.717, 1.165) is 17.0 Å².